The maximum Gasteiger partial charge on any atom is 0.000671 e. The highest BCUT2D eigenvalue weighted by molar-refractivity contribution is 4.64. The van der Waals surface area contributed by atoms with Gasteiger partial charge in [0.1, 0.15) is 0 Å². The van der Waals surface area contributed by atoms with Gasteiger partial charge < -0.3 is 4.90 Å². The van der Waals surface area contributed by atoms with E-state index >= 15 is 0 Å². The van der Waals surface area contributed by atoms with Crippen LogP contribution in [0, 0.1) is 11.8 Å². The maximum atomic E-state index is 2.50. The van der Waals surface area contributed by atoms with Crippen LogP contribution in [0.4, 0.5) is 0 Å². The van der Waals surface area contributed by atoms with Crippen LogP contribution in [0.25, 0.3) is 0 Å². The first-order valence-corrected chi connectivity index (χ1v) is 6.28. The quantitative estimate of drug-likeness (QED) is 0.575. The van der Waals surface area contributed by atoms with Gasteiger partial charge in [-0.15, -0.1) is 0 Å². The maximum absolute atomic E-state index is 2.50. The summed E-state index contributed by atoms with van der Waals surface area (Å²) in [4.78, 5) is 2.50. The Kier molecular flexibility index (Phi) is 8.26. The average Bonchev–Trinajstić information content (AvgIpc) is 2.03. The second kappa shape index (κ2) is 8.28. The van der Waals surface area contributed by atoms with Crippen LogP contribution in [0.2, 0.25) is 0 Å². The van der Waals surface area contributed by atoms with Gasteiger partial charge in [-0.05, 0) is 31.7 Å². The molecule has 0 bridgehead atoms. The summed E-state index contributed by atoms with van der Waals surface area (Å²) in [6.45, 7) is 11.7. The van der Waals surface area contributed by atoms with E-state index in [2.05, 4.69) is 39.6 Å². The second-order valence-electron chi connectivity index (χ2n) is 5.06. The van der Waals surface area contributed by atoms with E-state index in [0.29, 0.717) is 0 Å². The lowest BCUT2D eigenvalue weighted by Crippen LogP contribution is -2.29. The van der Waals surface area contributed by atoms with Gasteiger partial charge in [0.05, 0.1) is 0 Å². The van der Waals surface area contributed by atoms with Crippen LogP contribution in [0.1, 0.15) is 53.4 Å². The minimum atomic E-state index is 0.795. The summed E-state index contributed by atoms with van der Waals surface area (Å²) >= 11 is 0. The van der Waals surface area contributed by atoms with E-state index in [1.807, 2.05) is 0 Å². The molecule has 14 heavy (non-hydrogen) atoms. The molecule has 0 spiro atoms. The smallest absolute Gasteiger partial charge is 0.000671 e. The molecule has 0 atom stereocenters. The second-order valence-corrected chi connectivity index (χ2v) is 5.06. The SMILES string of the molecule is CCCC(CCC)CN(C)CC(C)C. The molecule has 0 unspecified atom stereocenters. The molecule has 0 amide bonds. The Balaban J connectivity index is 3.76. The molecule has 86 valence electrons. The van der Waals surface area contributed by atoms with Gasteiger partial charge in [-0.1, -0.05) is 40.5 Å². The van der Waals surface area contributed by atoms with Crippen LogP contribution < -0.4 is 0 Å². The fourth-order valence-electron chi connectivity index (χ4n) is 2.28. The third kappa shape index (κ3) is 7.37. The average molecular weight is 199 g/mol. The summed E-state index contributed by atoms with van der Waals surface area (Å²) in [6, 6.07) is 0. The van der Waals surface area contributed by atoms with Gasteiger partial charge in [-0.2, -0.15) is 0 Å². The van der Waals surface area contributed by atoms with Crippen molar-refractivity contribution in [3.8, 4) is 0 Å². The van der Waals surface area contributed by atoms with Crippen molar-refractivity contribution in [1.82, 2.24) is 4.90 Å². The van der Waals surface area contributed by atoms with Crippen molar-refractivity contribution in [2.24, 2.45) is 11.8 Å². The predicted octanol–water partition coefficient (Wildman–Crippen LogP) is 3.79. The zero-order chi connectivity index (χ0) is 11.0. The Bertz CT molecular complexity index is 114. The third-order valence-corrected chi connectivity index (χ3v) is 2.64. The fraction of sp³-hybridized carbons (Fsp3) is 1.00. The first-order chi connectivity index (χ1) is 6.60. The van der Waals surface area contributed by atoms with E-state index < -0.39 is 0 Å². The molecule has 0 fully saturated rings. The minimum absolute atomic E-state index is 0.795. The van der Waals surface area contributed by atoms with Gasteiger partial charge in [0, 0.05) is 13.1 Å². The Morgan fingerprint density at radius 3 is 1.79 bits per heavy atom. The highest BCUT2D eigenvalue weighted by atomic mass is 15.1. The molecule has 0 radical (unpaired) electrons. The number of hydrogen-bond acceptors (Lipinski definition) is 1. The van der Waals surface area contributed by atoms with Gasteiger partial charge in [-0.25, -0.2) is 0 Å². The molecule has 0 saturated heterocycles. The lowest BCUT2D eigenvalue weighted by atomic mass is 9.97. The summed E-state index contributed by atoms with van der Waals surface area (Å²) in [6.07, 6.45) is 5.47. The molecule has 0 aromatic heterocycles. The van der Waals surface area contributed by atoms with Crippen LogP contribution in [-0.4, -0.2) is 25.0 Å². The fourth-order valence-corrected chi connectivity index (χ4v) is 2.28. The van der Waals surface area contributed by atoms with Crippen LogP contribution in [-0.2, 0) is 0 Å². The standard InChI is InChI=1S/C13H29N/c1-6-8-13(9-7-2)11-14(5)10-12(3)4/h12-13H,6-11H2,1-5H3. The summed E-state index contributed by atoms with van der Waals surface area (Å²) in [7, 11) is 2.26. The van der Waals surface area contributed by atoms with Crippen molar-refractivity contribution in [2.45, 2.75) is 53.4 Å². The van der Waals surface area contributed by atoms with E-state index in [1.165, 1.54) is 38.8 Å². The summed E-state index contributed by atoms with van der Waals surface area (Å²) in [5.74, 6) is 1.72. The largest absolute Gasteiger partial charge is 0.306 e. The molecule has 0 aliphatic carbocycles. The first kappa shape index (κ1) is 14.0. The zero-order valence-corrected chi connectivity index (χ0v) is 10.8. The van der Waals surface area contributed by atoms with Crippen LogP contribution in [0.5, 0.6) is 0 Å². The highest BCUT2D eigenvalue weighted by Gasteiger charge is 2.10. The third-order valence-electron chi connectivity index (χ3n) is 2.64. The topological polar surface area (TPSA) is 3.24 Å². The van der Waals surface area contributed by atoms with Crippen LogP contribution in [0.15, 0.2) is 0 Å². The van der Waals surface area contributed by atoms with Gasteiger partial charge in [0.15, 0.2) is 0 Å². The molecule has 0 aliphatic rings. The molecule has 0 saturated carbocycles. The molecule has 1 heteroatoms. The van der Waals surface area contributed by atoms with E-state index in [1.54, 1.807) is 0 Å². The normalized spacial score (nSPS) is 12.0. The summed E-state index contributed by atoms with van der Waals surface area (Å²) in [5.41, 5.74) is 0. The molecule has 0 heterocycles. The molecule has 1 nitrogen and oxygen atoms in total. The lowest BCUT2D eigenvalue weighted by Gasteiger charge is -2.24. The number of hydrogen-bond donors (Lipinski definition) is 0. The van der Waals surface area contributed by atoms with E-state index in [9.17, 15) is 0 Å². The number of rotatable bonds is 8. The van der Waals surface area contributed by atoms with Gasteiger partial charge in [0.2, 0.25) is 0 Å². The Labute approximate surface area is 90.9 Å². The number of nitrogens with zero attached hydrogens (tertiary/aromatic N) is 1. The van der Waals surface area contributed by atoms with Crippen molar-refractivity contribution >= 4 is 0 Å². The predicted molar refractivity (Wildman–Crippen MR) is 65.6 cm³/mol. The molecule has 0 rings (SSSR count). The molecular formula is C13H29N. The highest BCUT2D eigenvalue weighted by Crippen LogP contribution is 2.15. The molecule has 0 N–H and O–H groups in total. The van der Waals surface area contributed by atoms with Crippen molar-refractivity contribution in [2.75, 3.05) is 20.1 Å². The Morgan fingerprint density at radius 2 is 1.43 bits per heavy atom. The molecule has 0 aromatic carbocycles. The zero-order valence-electron chi connectivity index (χ0n) is 10.8. The van der Waals surface area contributed by atoms with Crippen molar-refractivity contribution in [1.29, 1.82) is 0 Å². The monoisotopic (exact) mass is 199 g/mol. The Hall–Kier alpha value is -0.0400. The van der Waals surface area contributed by atoms with Gasteiger partial charge in [-0.3, -0.25) is 0 Å². The van der Waals surface area contributed by atoms with Crippen molar-refractivity contribution < 1.29 is 0 Å². The van der Waals surface area contributed by atoms with Crippen LogP contribution >= 0.6 is 0 Å². The van der Waals surface area contributed by atoms with Gasteiger partial charge >= 0.3 is 0 Å². The summed E-state index contributed by atoms with van der Waals surface area (Å²) < 4.78 is 0. The molecular weight excluding hydrogens is 170 g/mol. The van der Waals surface area contributed by atoms with Crippen molar-refractivity contribution in [3.05, 3.63) is 0 Å². The lowest BCUT2D eigenvalue weighted by molar-refractivity contribution is 0.234. The molecule has 0 aliphatic heterocycles. The first-order valence-electron chi connectivity index (χ1n) is 6.28. The van der Waals surface area contributed by atoms with E-state index in [4.69, 9.17) is 0 Å². The summed E-state index contributed by atoms with van der Waals surface area (Å²) in [5, 5.41) is 0. The van der Waals surface area contributed by atoms with E-state index in [0.717, 1.165) is 11.8 Å². The minimum Gasteiger partial charge on any atom is -0.306 e. The molecule has 0 aromatic rings. The van der Waals surface area contributed by atoms with Crippen molar-refractivity contribution in [3.63, 3.8) is 0 Å². The van der Waals surface area contributed by atoms with Crippen LogP contribution in [0.3, 0.4) is 0 Å². The van der Waals surface area contributed by atoms with E-state index in [-0.39, 0.29) is 0 Å². The van der Waals surface area contributed by atoms with Gasteiger partial charge in [0.25, 0.3) is 0 Å². The Morgan fingerprint density at radius 1 is 0.929 bits per heavy atom.